The normalized spacial score (nSPS) is 12.5. The number of carbonyl (C=O) groups is 2. The fourth-order valence-corrected chi connectivity index (χ4v) is 4.55. The van der Waals surface area contributed by atoms with Gasteiger partial charge >= 0.3 is 5.97 Å². The molecule has 5 nitrogen and oxygen atoms in total. The van der Waals surface area contributed by atoms with Crippen LogP contribution in [-0.4, -0.2) is 25.6 Å². The topological polar surface area (TPSA) is 80.2 Å². The highest BCUT2D eigenvalue weighted by Crippen LogP contribution is 2.29. The Morgan fingerprint density at radius 1 is 0.829 bits per heavy atom. The Kier molecular flexibility index (Phi) is 6.68. The Balaban J connectivity index is 1.88. The number of fused-ring (bicyclic) bond motifs is 1. The van der Waals surface area contributed by atoms with Crippen LogP contribution in [0.5, 0.6) is 0 Å². The van der Waals surface area contributed by atoms with Gasteiger partial charge in [0.1, 0.15) is 11.0 Å². The van der Waals surface area contributed by atoms with Crippen LogP contribution in [0.4, 0.5) is 0 Å². The van der Waals surface area contributed by atoms with Gasteiger partial charge in [-0.1, -0.05) is 63.2 Å². The smallest absolute Gasteiger partial charge is 0.336 e. The fraction of sp³-hybridized carbons (Fsp3) is 0.241. The molecule has 0 radical (unpaired) electrons. The van der Waals surface area contributed by atoms with E-state index in [0.29, 0.717) is 22.2 Å². The van der Waals surface area contributed by atoms with Gasteiger partial charge in [0.2, 0.25) is 0 Å². The summed E-state index contributed by atoms with van der Waals surface area (Å²) in [4.78, 5) is 26.4. The number of rotatable bonds is 6. The first-order valence-corrected chi connectivity index (χ1v) is 12.2. The number of hydrogen-bond acceptors (Lipinski definition) is 5. The lowest BCUT2D eigenvalue weighted by molar-refractivity contribution is -0.130. The van der Waals surface area contributed by atoms with Crippen molar-refractivity contribution in [1.82, 2.24) is 8.75 Å². The van der Waals surface area contributed by atoms with Gasteiger partial charge in [-0.15, -0.1) is 0 Å². The molecule has 0 aliphatic rings. The van der Waals surface area contributed by atoms with Gasteiger partial charge in [0.15, 0.2) is 5.78 Å². The minimum Gasteiger partial charge on any atom is -0.478 e. The molecule has 0 fully saturated rings. The molecule has 35 heavy (non-hydrogen) atoms. The third-order valence-electron chi connectivity index (χ3n) is 6.30. The predicted octanol–water partition coefficient (Wildman–Crippen LogP) is 6.57. The lowest BCUT2D eigenvalue weighted by atomic mass is 9.85. The summed E-state index contributed by atoms with van der Waals surface area (Å²) in [6, 6.07) is 18.7. The number of allylic oxidation sites excluding steroid dienone is 1. The molecule has 0 saturated heterocycles. The van der Waals surface area contributed by atoms with E-state index in [9.17, 15) is 14.7 Å². The zero-order valence-electron chi connectivity index (χ0n) is 20.5. The summed E-state index contributed by atoms with van der Waals surface area (Å²) in [6.07, 6.45) is 0.200. The summed E-state index contributed by atoms with van der Waals surface area (Å²) in [5.41, 5.74) is 6.56. The Bertz CT molecular complexity index is 1460. The molecule has 3 aromatic carbocycles. The van der Waals surface area contributed by atoms with E-state index in [1.54, 1.807) is 24.3 Å². The second-order valence-corrected chi connectivity index (χ2v) is 10.4. The van der Waals surface area contributed by atoms with Gasteiger partial charge in [-0.2, -0.15) is 8.75 Å². The molecule has 1 N–H and O–H groups in total. The largest absolute Gasteiger partial charge is 0.478 e. The lowest BCUT2D eigenvalue weighted by Crippen LogP contribution is -2.15. The highest BCUT2D eigenvalue weighted by Gasteiger charge is 2.25. The van der Waals surface area contributed by atoms with Crippen LogP contribution in [0.25, 0.3) is 16.6 Å². The molecule has 1 aromatic heterocycles. The van der Waals surface area contributed by atoms with E-state index in [-0.39, 0.29) is 28.8 Å². The molecule has 0 spiro atoms. The number of aliphatic carboxylic acids is 1. The fourth-order valence-electron chi connectivity index (χ4n) is 4.03. The highest BCUT2D eigenvalue weighted by molar-refractivity contribution is 7.00. The zero-order chi connectivity index (χ0) is 25.3. The first-order valence-electron chi connectivity index (χ1n) is 11.4. The van der Waals surface area contributed by atoms with Crippen molar-refractivity contribution in [2.24, 2.45) is 0 Å². The first-order chi connectivity index (χ1) is 16.5. The van der Waals surface area contributed by atoms with Crippen molar-refractivity contribution in [2.75, 3.05) is 0 Å². The quantitative estimate of drug-likeness (QED) is 0.247. The van der Waals surface area contributed by atoms with Crippen LogP contribution in [0.1, 0.15) is 58.9 Å². The van der Waals surface area contributed by atoms with E-state index in [1.165, 1.54) is 5.56 Å². The SMILES string of the molecule is Cc1ccc(C(=O)C(Cc2ccc(C(C)(C)C)cc2)=C(C(=O)O)c2ccc3nsnc3c2)cc1C. The molecule has 1 heterocycles. The first kappa shape index (κ1) is 24.5. The molecule has 4 aromatic rings. The molecule has 4 rings (SSSR count). The molecule has 0 saturated carbocycles. The second kappa shape index (κ2) is 9.55. The molecule has 0 atom stereocenters. The van der Waals surface area contributed by atoms with Crippen molar-refractivity contribution < 1.29 is 14.7 Å². The van der Waals surface area contributed by atoms with Crippen LogP contribution in [0.3, 0.4) is 0 Å². The molecule has 0 aliphatic heterocycles. The number of benzene rings is 3. The summed E-state index contributed by atoms with van der Waals surface area (Å²) in [5, 5.41) is 10.3. The zero-order valence-corrected chi connectivity index (χ0v) is 21.4. The Labute approximate surface area is 209 Å². The molecule has 0 bridgehead atoms. The summed E-state index contributed by atoms with van der Waals surface area (Å²) in [6.45, 7) is 10.4. The van der Waals surface area contributed by atoms with Gasteiger partial charge in [0.25, 0.3) is 0 Å². The predicted molar refractivity (Wildman–Crippen MR) is 141 cm³/mol. The molecule has 0 unspecified atom stereocenters. The summed E-state index contributed by atoms with van der Waals surface area (Å²) in [7, 11) is 0. The van der Waals surface area contributed by atoms with Crippen molar-refractivity contribution in [2.45, 2.75) is 46.5 Å². The summed E-state index contributed by atoms with van der Waals surface area (Å²) in [5.74, 6) is -1.44. The van der Waals surface area contributed by atoms with Crippen molar-refractivity contribution in [3.63, 3.8) is 0 Å². The highest BCUT2D eigenvalue weighted by atomic mass is 32.1. The number of aryl methyl sites for hydroxylation is 2. The Hall–Kier alpha value is -3.64. The number of ketones is 1. The third-order valence-corrected chi connectivity index (χ3v) is 6.86. The van der Waals surface area contributed by atoms with Crippen LogP contribution >= 0.6 is 11.7 Å². The molecule has 6 heteroatoms. The molecule has 178 valence electrons. The molecule has 0 aliphatic carbocycles. The van der Waals surface area contributed by atoms with Crippen molar-refractivity contribution in [3.05, 3.63) is 99.6 Å². The third kappa shape index (κ3) is 5.23. The number of carboxylic acids is 1. The number of carbonyl (C=O) groups excluding carboxylic acids is 1. The van der Waals surface area contributed by atoms with E-state index < -0.39 is 5.97 Å². The summed E-state index contributed by atoms with van der Waals surface area (Å²) >= 11 is 1.07. The summed E-state index contributed by atoms with van der Waals surface area (Å²) < 4.78 is 8.46. The maximum atomic E-state index is 13.8. The minimum atomic E-state index is -1.15. The van der Waals surface area contributed by atoms with Crippen molar-refractivity contribution >= 4 is 40.1 Å². The molecular formula is C29H28N2O3S. The number of aromatic nitrogens is 2. The van der Waals surface area contributed by atoms with Crippen LogP contribution in [0.15, 0.2) is 66.2 Å². The average molecular weight is 485 g/mol. The van der Waals surface area contributed by atoms with E-state index >= 15 is 0 Å². The van der Waals surface area contributed by atoms with Gasteiger partial charge in [0.05, 0.1) is 17.3 Å². The number of hydrogen-bond donors (Lipinski definition) is 1. The van der Waals surface area contributed by atoms with Crippen molar-refractivity contribution in [1.29, 1.82) is 0 Å². The van der Waals surface area contributed by atoms with Gasteiger partial charge in [0, 0.05) is 17.6 Å². The van der Waals surface area contributed by atoms with Crippen LogP contribution in [0, 0.1) is 13.8 Å². The maximum Gasteiger partial charge on any atom is 0.336 e. The van der Waals surface area contributed by atoms with E-state index in [0.717, 1.165) is 28.4 Å². The minimum absolute atomic E-state index is 0.00431. The number of carboxylic acid groups (broad SMARTS) is 1. The van der Waals surface area contributed by atoms with E-state index in [2.05, 4.69) is 29.5 Å². The van der Waals surface area contributed by atoms with E-state index in [1.807, 2.05) is 50.2 Å². The Morgan fingerprint density at radius 2 is 1.49 bits per heavy atom. The number of Topliss-reactive ketones (excluding diaryl/α,β-unsaturated/α-hetero) is 1. The van der Waals surface area contributed by atoms with Gasteiger partial charge < -0.3 is 5.11 Å². The average Bonchev–Trinajstić information content (AvgIpc) is 3.27. The maximum absolute atomic E-state index is 13.8. The molecular weight excluding hydrogens is 456 g/mol. The Morgan fingerprint density at radius 3 is 2.11 bits per heavy atom. The van der Waals surface area contributed by atoms with Crippen LogP contribution < -0.4 is 0 Å². The molecule has 0 amide bonds. The van der Waals surface area contributed by atoms with Crippen molar-refractivity contribution in [3.8, 4) is 0 Å². The van der Waals surface area contributed by atoms with Gasteiger partial charge in [-0.3, -0.25) is 4.79 Å². The van der Waals surface area contributed by atoms with Crippen LogP contribution in [0.2, 0.25) is 0 Å². The van der Waals surface area contributed by atoms with Gasteiger partial charge in [-0.05, 0) is 65.3 Å². The number of nitrogens with zero attached hydrogens (tertiary/aromatic N) is 2. The van der Waals surface area contributed by atoms with Gasteiger partial charge in [-0.25, -0.2) is 4.79 Å². The second-order valence-electron chi connectivity index (χ2n) is 9.88. The van der Waals surface area contributed by atoms with E-state index in [4.69, 9.17) is 0 Å². The lowest BCUT2D eigenvalue weighted by Gasteiger charge is -2.19. The van der Waals surface area contributed by atoms with Crippen LogP contribution in [-0.2, 0) is 16.6 Å². The standard InChI is InChI=1S/C29H28N2O3S/c1-17-6-9-21(14-18(17)2)27(32)23(15-19-7-11-22(12-8-19)29(3,4)5)26(28(33)34)20-10-13-24-25(16-20)31-35-30-24/h6-14,16H,15H2,1-5H3,(H,33,34). The monoisotopic (exact) mass is 484 g/mol.